The Hall–Kier alpha value is -2.42. The van der Waals surface area contributed by atoms with Crippen LogP contribution < -0.4 is 23.3 Å². The Kier molecular flexibility index (Phi) is 6.21. The van der Waals surface area contributed by atoms with Gasteiger partial charge in [0.05, 0.1) is 30.0 Å². The highest BCUT2D eigenvalue weighted by Crippen LogP contribution is 2.28. The number of nitrogens with zero attached hydrogens (tertiary/aromatic N) is 3. The summed E-state index contributed by atoms with van der Waals surface area (Å²) in [5, 5.41) is 21.3. The van der Waals surface area contributed by atoms with Crippen molar-refractivity contribution in [2.24, 2.45) is 0 Å². The largest absolute Gasteiger partial charge is 1.00 e. The van der Waals surface area contributed by atoms with Crippen molar-refractivity contribution in [3.8, 4) is 0 Å². The smallest absolute Gasteiger partial charge is 0.302 e. The van der Waals surface area contributed by atoms with Crippen LogP contribution in [0.4, 0.5) is 17.1 Å². The van der Waals surface area contributed by atoms with Crippen LogP contribution in [0.2, 0.25) is 0 Å². The van der Waals surface area contributed by atoms with E-state index in [9.17, 15) is 20.2 Å². The average molecular weight is 290 g/mol. The fourth-order valence-electron chi connectivity index (χ4n) is 1.13. The van der Waals surface area contributed by atoms with Crippen molar-refractivity contribution < 1.29 is 26.8 Å². The van der Waals surface area contributed by atoms with Gasteiger partial charge in [0.2, 0.25) is 0 Å². The molecule has 1 aromatic rings. The molecule has 104 valence electrons. The van der Waals surface area contributed by atoms with Crippen LogP contribution in [0, 0.1) is 20.2 Å². The second kappa shape index (κ2) is 7.11. The molecule has 1 aromatic carbocycles. The number of nitro benzene ring substituents is 2. The van der Waals surface area contributed by atoms with Gasteiger partial charge in [0.15, 0.2) is 5.69 Å². The highest BCUT2D eigenvalue weighted by molar-refractivity contribution is 5.66. The summed E-state index contributed by atoms with van der Waals surface area (Å²) >= 11 is 0. The van der Waals surface area contributed by atoms with Crippen LogP contribution in [0.1, 0.15) is 0 Å². The Morgan fingerprint density at radius 1 is 1.16 bits per heavy atom. The fraction of sp³-hybridized carbons (Fsp3) is 0.222. The zero-order valence-electron chi connectivity index (χ0n) is 10.2. The van der Waals surface area contributed by atoms with Crippen molar-refractivity contribution in [2.45, 2.75) is 0 Å². The third-order valence-electron chi connectivity index (χ3n) is 1.92. The molecule has 0 aromatic heterocycles. The van der Waals surface area contributed by atoms with Crippen molar-refractivity contribution in [3.63, 3.8) is 0 Å². The Morgan fingerprint density at radius 3 is 2.26 bits per heavy atom. The molecule has 10 heteroatoms. The lowest BCUT2D eigenvalue weighted by Gasteiger charge is -2.02. The van der Waals surface area contributed by atoms with Crippen molar-refractivity contribution >= 4 is 23.4 Å². The van der Waals surface area contributed by atoms with E-state index in [-0.39, 0.29) is 29.5 Å². The summed E-state index contributed by atoms with van der Waals surface area (Å²) in [5.41, 5.74) is 4.64. The topological polar surface area (TPSA) is 113 Å². The summed E-state index contributed by atoms with van der Waals surface area (Å²) < 4.78 is 1.68. The fourth-order valence-corrected chi connectivity index (χ4v) is 1.13. The van der Waals surface area contributed by atoms with Crippen molar-refractivity contribution in [2.75, 3.05) is 19.5 Å². The summed E-state index contributed by atoms with van der Waals surface area (Å²) in [5.74, 6) is 0. The summed E-state index contributed by atoms with van der Waals surface area (Å²) in [6.07, 6.45) is 1.53. The lowest BCUT2D eigenvalue weighted by Crippen LogP contribution is -3.00. The number of hydrazine groups is 1. The molecule has 1 rings (SSSR count). The van der Waals surface area contributed by atoms with Gasteiger partial charge in [-0.3, -0.25) is 24.8 Å². The van der Waals surface area contributed by atoms with Gasteiger partial charge >= 0.3 is 5.69 Å². The van der Waals surface area contributed by atoms with E-state index in [0.717, 1.165) is 6.07 Å². The van der Waals surface area contributed by atoms with Gasteiger partial charge in [0, 0.05) is 6.07 Å². The molecule has 0 fully saturated rings. The number of nitrogens with one attached hydrogen (secondary N) is 2. The molecule has 0 aliphatic heterocycles. The summed E-state index contributed by atoms with van der Waals surface area (Å²) in [7, 11) is 3.53. The van der Waals surface area contributed by atoms with Gasteiger partial charge in [0.25, 0.3) is 12.0 Å². The number of hydrogen-bond donors (Lipinski definition) is 2. The first-order valence-corrected chi connectivity index (χ1v) is 4.86. The van der Waals surface area contributed by atoms with Crippen LogP contribution in [0.5, 0.6) is 0 Å². The van der Waals surface area contributed by atoms with Crippen molar-refractivity contribution in [1.82, 2.24) is 5.43 Å². The number of halogens is 1. The highest BCUT2D eigenvalue weighted by atomic mass is 35.5. The Labute approximate surface area is 114 Å². The Balaban J connectivity index is 0.00000324. The summed E-state index contributed by atoms with van der Waals surface area (Å²) in [6, 6.07) is 3.36. The normalized spacial score (nSPS) is 8.95. The molecule has 0 aliphatic rings. The molecule has 0 saturated heterocycles. The van der Waals surface area contributed by atoms with E-state index >= 15 is 0 Å². The first-order chi connectivity index (χ1) is 8.41. The van der Waals surface area contributed by atoms with Gasteiger partial charge in [-0.2, -0.15) is 5.43 Å². The monoisotopic (exact) mass is 289 g/mol. The zero-order valence-corrected chi connectivity index (χ0v) is 10.9. The van der Waals surface area contributed by atoms with Gasteiger partial charge in [-0.05, 0) is 6.07 Å². The molecule has 0 heterocycles. The molecule has 0 bridgehead atoms. The average Bonchev–Trinajstić information content (AvgIpc) is 2.28. The number of nitro groups is 2. The molecule has 0 spiro atoms. The van der Waals surface area contributed by atoms with Gasteiger partial charge in [0.1, 0.15) is 0 Å². The number of benzene rings is 1. The van der Waals surface area contributed by atoms with E-state index in [1.807, 2.05) is 0 Å². The van der Waals surface area contributed by atoms with Crippen LogP contribution in [-0.2, 0) is 0 Å². The molecule has 0 atom stereocenters. The minimum atomic E-state index is -0.688. The van der Waals surface area contributed by atoms with Crippen molar-refractivity contribution in [3.05, 3.63) is 38.4 Å². The molecule has 0 aliphatic carbocycles. The molecule has 19 heavy (non-hydrogen) atoms. The lowest BCUT2D eigenvalue weighted by atomic mass is 10.2. The Morgan fingerprint density at radius 2 is 1.79 bits per heavy atom. The van der Waals surface area contributed by atoms with E-state index in [0.29, 0.717) is 0 Å². The van der Waals surface area contributed by atoms with E-state index in [1.54, 1.807) is 18.7 Å². The third kappa shape index (κ3) is 4.76. The zero-order chi connectivity index (χ0) is 13.7. The summed E-state index contributed by atoms with van der Waals surface area (Å²) in [6.45, 7) is 0. The first-order valence-electron chi connectivity index (χ1n) is 4.86. The molecule has 0 amide bonds. The Bertz CT molecular complexity index is 515. The lowest BCUT2D eigenvalue weighted by molar-refractivity contribution is -0.461. The van der Waals surface area contributed by atoms with Gasteiger partial charge in [-0.15, -0.1) is 0 Å². The molecule has 0 radical (unpaired) electrons. The number of anilines is 1. The quantitative estimate of drug-likeness (QED) is 0.208. The predicted molar refractivity (Wildman–Crippen MR) is 64.7 cm³/mol. The van der Waals surface area contributed by atoms with Gasteiger partial charge < -0.3 is 12.4 Å². The van der Waals surface area contributed by atoms with Gasteiger partial charge in [-0.1, -0.05) is 0 Å². The van der Waals surface area contributed by atoms with E-state index in [2.05, 4.69) is 10.9 Å². The minimum absolute atomic E-state index is 0. The standard InChI is InChI=1S/C9H11N5O4.ClH/c1-12(2)6-10-11-8-4-3-7(13(15)16)5-9(8)14(17)18;/h3-6,11H,1-2H3;1H. The van der Waals surface area contributed by atoms with E-state index < -0.39 is 9.85 Å². The number of hydrogen-bond acceptors (Lipinski definition) is 5. The van der Waals surface area contributed by atoms with Crippen LogP contribution in [0.3, 0.4) is 0 Å². The molecule has 9 nitrogen and oxygen atoms in total. The van der Waals surface area contributed by atoms with Crippen LogP contribution in [0.25, 0.3) is 0 Å². The van der Waals surface area contributed by atoms with E-state index in [4.69, 9.17) is 0 Å². The molecule has 0 saturated carbocycles. The highest BCUT2D eigenvalue weighted by Gasteiger charge is 2.19. The van der Waals surface area contributed by atoms with E-state index in [1.165, 1.54) is 18.5 Å². The summed E-state index contributed by atoms with van der Waals surface area (Å²) in [4.78, 5) is 19.9. The molecular weight excluding hydrogens is 278 g/mol. The number of non-ortho nitro benzene ring substituents is 1. The SMILES string of the molecule is C[N+](C)=CNNc1ccc([N+](=O)[O-])cc1[N+](=O)[O-].[Cl-]. The van der Waals surface area contributed by atoms with Crippen LogP contribution in [-0.4, -0.2) is 34.9 Å². The maximum absolute atomic E-state index is 10.8. The maximum Gasteiger partial charge on any atom is 0.302 e. The molecular formula is C9H12ClN5O4. The molecule has 2 N–H and O–H groups in total. The van der Waals surface area contributed by atoms with Gasteiger partial charge in [-0.25, -0.2) is 5.43 Å². The molecule has 0 unspecified atom stereocenters. The number of rotatable bonds is 5. The third-order valence-corrected chi connectivity index (χ3v) is 1.92. The maximum atomic E-state index is 10.8. The van der Waals surface area contributed by atoms with Crippen molar-refractivity contribution in [1.29, 1.82) is 0 Å². The second-order valence-electron chi connectivity index (χ2n) is 3.58. The van der Waals surface area contributed by atoms with Crippen LogP contribution >= 0.6 is 0 Å². The van der Waals surface area contributed by atoms with Crippen LogP contribution in [0.15, 0.2) is 18.2 Å². The first kappa shape index (κ1) is 16.6. The predicted octanol–water partition coefficient (Wildman–Crippen LogP) is -2.28. The second-order valence-corrected chi connectivity index (χ2v) is 3.58. The minimum Gasteiger partial charge on any atom is -1.00 e.